The fourth-order valence-corrected chi connectivity index (χ4v) is 7.12. The molecule has 2 bridgehead atoms. The van der Waals surface area contributed by atoms with E-state index in [0.29, 0.717) is 19.3 Å². The Bertz CT molecular complexity index is 495. The van der Waals surface area contributed by atoms with Crippen molar-refractivity contribution >= 4 is 27.4 Å². The van der Waals surface area contributed by atoms with E-state index in [1.807, 2.05) is 6.26 Å². The van der Waals surface area contributed by atoms with Gasteiger partial charge in [0, 0.05) is 24.5 Å². The molecule has 0 radical (unpaired) electrons. The van der Waals surface area contributed by atoms with Gasteiger partial charge in [-0.1, -0.05) is 18.6 Å². The van der Waals surface area contributed by atoms with Gasteiger partial charge in [0.05, 0.1) is 0 Å². The van der Waals surface area contributed by atoms with E-state index >= 15 is 0 Å². The molecule has 0 aromatic carbocycles. The van der Waals surface area contributed by atoms with Gasteiger partial charge in [0.25, 0.3) is 0 Å². The highest BCUT2D eigenvalue weighted by Crippen LogP contribution is 2.52. The highest BCUT2D eigenvalue weighted by molar-refractivity contribution is 8.14. The average Bonchev–Trinajstić information content (AvgIpc) is 2.33. The van der Waals surface area contributed by atoms with E-state index < -0.39 is 13.9 Å². The fraction of sp³-hybridized carbons (Fsp3) is 0.786. The maximum Gasteiger partial charge on any atom is 0.163 e. The third-order valence-corrected chi connectivity index (χ3v) is 9.05. The molecule has 2 fully saturated rings. The largest absolute Gasteiger partial charge is 0.299 e. The number of rotatable bonds is 2. The molecule has 0 N–H and O–H groups in total. The number of carbonyl (C=O) groups excluding carboxylic acids is 1. The van der Waals surface area contributed by atoms with Gasteiger partial charge in [-0.25, -0.2) is 8.42 Å². The molecule has 3 unspecified atom stereocenters. The summed E-state index contributed by atoms with van der Waals surface area (Å²) in [5, 5.41) is 0. The number of sulfone groups is 1. The molecule has 19 heavy (non-hydrogen) atoms. The second-order valence-electron chi connectivity index (χ2n) is 5.72. The molecule has 2 aliphatic carbocycles. The SMILES string of the molecule is C=C1C2CCCC1C(SC)(S(C)(=O)=O)CCCC2=O. The fourth-order valence-electron chi connectivity index (χ4n) is 3.71. The molecule has 5 heteroatoms. The van der Waals surface area contributed by atoms with Gasteiger partial charge in [0.2, 0.25) is 0 Å². The van der Waals surface area contributed by atoms with Crippen LogP contribution in [-0.4, -0.2) is 30.8 Å². The number of Topliss-reactive ketones (excluding diaryl/α,β-unsaturated/α-hetero) is 1. The van der Waals surface area contributed by atoms with Crippen LogP contribution in [0.5, 0.6) is 0 Å². The second-order valence-corrected chi connectivity index (χ2v) is 9.39. The Morgan fingerprint density at radius 2 is 2.00 bits per heavy atom. The van der Waals surface area contributed by atoms with Gasteiger partial charge in [-0.2, -0.15) is 0 Å². The van der Waals surface area contributed by atoms with Gasteiger partial charge in [0.1, 0.15) is 9.86 Å². The molecular formula is C14H22O3S2. The third-order valence-electron chi connectivity index (χ3n) is 4.72. The monoisotopic (exact) mass is 302 g/mol. The van der Waals surface area contributed by atoms with Crippen molar-refractivity contribution in [2.45, 2.75) is 42.6 Å². The van der Waals surface area contributed by atoms with E-state index in [1.54, 1.807) is 0 Å². The van der Waals surface area contributed by atoms with Crippen LogP contribution < -0.4 is 0 Å². The standard InChI is InChI=1S/C14H22O3S2/c1-10-11-6-4-7-12(10)14(18-2,19(3,16)17)9-5-8-13(11)15/h11-12H,1,4-9H2,2-3H3. The van der Waals surface area contributed by atoms with Crippen molar-refractivity contribution < 1.29 is 13.2 Å². The molecule has 2 saturated carbocycles. The summed E-state index contributed by atoms with van der Waals surface area (Å²) in [6.07, 6.45) is 7.57. The minimum Gasteiger partial charge on any atom is -0.299 e. The maximum absolute atomic E-state index is 12.4. The Kier molecular flexibility index (Phi) is 4.17. The topological polar surface area (TPSA) is 51.2 Å². The first-order valence-electron chi connectivity index (χ1n) is 6.79. The number of allylic oxidation sites excluding steroid dienone is 1. The zero-order valence-electron chi connectivity index (χ0n) is 11.6. The summed E-state index contributed by atoms with van der Waals surface area (Å²) in [6.45, 7) is 4.11. The molecule has 2 rings (SSSR count). The smallest absolute Gasteiger partial charge is 0.163 e. The van der Waals surface area contributed by atoms with Crippen LogP contribution in [0.1, 0.15) is 38.5 Å². The van der Waals surface area contributed by atoms with Crippen LogP contribution in [0.4, 0.5) is 0 Å². The minimum absolute atomic E-state index is 0.0690. The molecule has 108 valence electrons. The summed E-state index contributed by atoms with van der Waals surface area (Å²) >= 11 is 1.44. The number of carbonyl (C=O) groups is 1. The highest BCUT2D eigenvalue weighted by Gasteiger charge is 2.51. The van der Waals surface area contributed by atoms with E-state index in [-0.39, 0.29) is 17.6 Å². The van der Waals surface area contributed by atoms with Gasteiger partial charge in [0.15, 0.2) is 9.84 Å². The van der Waals surface area contributed by atoms with Crippen molar-refractivity contribution in [2.24, 2.45) is 11.8 Å². The van der Waals surface area contributed by atoms with Crippen LogP contribution in [0.3, 0.4) is 0 Å². The van der Waals surface area contributed by atoms with Crippen molar-refractivity contribution in [1.82, 2.24) is 0 Å². The van der Waals surface area contributed by atoms with Crippen LogP contribution >= 0.6 is 11.8 Å². The number of ketones is 1. The molecular weight excluding hydrogens is 280 g/mol. The lowest BCUT2D eigenvalue weighted by molar-refractivity contribution is -0.123. The number of hydrogen-bond donors (Lipinski definition) is 0. The van der Waals surface area contributed by atoms with Gasteiger partial charge in [-0.05, 0) is 31.9 Å². The molecule has 0 aliphatic heterocycles. The maximum atomic E-state index is 12.4. The minimum atomic E-state index is -3.19. The summed E-state index contributed by atoms with van der Waals surface area (Å²) in [7, 11) is -3.19. The average molecular weight is 302 g/mol. The predicted molar refractivity (Wildman–Crippen MR) is 79.9 cm³/mol. The van der Waals surface area contributed by atoms with Gasteiger partial charge in [-0.15, -0.1) is 11.8 Å². The molecule has 0 aromatic rings. The molecule has 0 heterocycles. The summed E-state index contributed by atoms with van der Waals surface area (Å²) in [6, 6.07) is 0. The van der Waals surface area contributed by atoms with Crippen LogP contribution in [0.25, 0.3) is 0 Å². The lowest BCUT2D eigenvalue weighted by Gasteiger charge is -2.45. The first kappa shape index (κ1) is 15.1. The van der Waals surface area contributed by atoms with Crippen LogP contribution in [0, 0.1) is 11.8 Å². The summed E-state index contributed by atoms with van der Waals surface area (Å²) in [5.74, 6) is 0.0886. The Morgan fingerprint density at radius 3 is 2.58 bits per heavy atom. The molecule has 0 aromatic heterocycles. The zero-order chi connectivity index (χ0) is 14.3. The molecule has 3 atom stereocenters. The lowest BCUT2D eigenvalue weighted by atomic mass is 9.71. The molecule has 0 spiro atoms. The predicted octanol–water partition coefficient (Wildman–Crippen LogP) is 2.82. The van der Waals surface area contributed by atoms with Crippen LogP contribution in [0.2, 0.25) is 0 Å². The Hall–Kier alpha value is -0.290. The number of hydrogen-bond acceptors (Lipinski definition) is 4. The van der Waals surface area contributed by atoms with Crippen molar-refractivity contribution in [2.75, 3.05) is 12.5 Å². The van der Waals surface area contributed by atoms with E-state index in [4.69, 9.17) is 0 Å². The van der Waals surface area contributed by atoms with Crippen molar-refractivity contribution in [3.05, 3.63) is 12.2 Å². The van der Waals surface area contributed by atoms with Crippen molar-refractivity contribution in [3.63, 3.8) is 0 Å². The molecule has 0 amide bonds. The van der Waals surface area contributed by atoms with Gasteiger partial charge < -0.3 is 0 Å². The molecule has 2 aliphatic rings. The lowest BCUT2D eigenvalue weighted by Crippen LogP contribution is -2.47. The first-order chi connectivity index (χ1) is 8.83. The second kappa shape index (κ2) is 5.24. The van der Waals surface area contributed by atoms with E-state index in [9.17, 15) is 13.2 Å². The van der Waals surface area contributed by atoms with Gasteiger partial charge in [-0.3, -0.25) is 4.79 Å². The van der Waals surface area contributed by atoms with E-state index in [0.717, 1.165) is 24.8 Å². The van der Waals surface area contributed by atoms with E-state index in [2.05, 4.69) is 6.58 Å². The Balaban J connectivity index is 2.50. The van der Waals surface area contributed by atoms with Crippen LogP contribution in [-0.2, 0) is 14.6 Å². The Labute approximate surface area is 120 Å². The van der Waals surface area contributed by atoms with Crippen molar-refractivity contribution in [3.8, 4) is 0 Å². The van der Waals surface area contributed by atoms with Crippen LogP contribution in [0.15, 0.2) is 12.2 Å². The molecule has 0 saturated heterocycles. The summed E-state index contributed by atoms with van der Waals surface area (Å²) in [4.78, 5) is 12.1. The highest BCUT2D eigenvalue weighted by atomic mass is 32.3. The Morgan fingerprint density at radius 1 is 1.32 bits per heavy atom. The van der Waals surface area contributed by atoms with E-state index in [1.165, 1.54) is 18.0 Å². The summed E-state index contributed by atoms with van der Waals surface area (Å²) in [5.41, 5.74) is 0.871. The first-order valence-corrected chi connectivity index (χ1v) is 9.91. The number of fused-ring (bicyclic) bond motifs is 2. The van der Waals surface area contributed by atoms with Crippen molar-refractivity contribution in [1.29, 1.82) is 0 Å². The third kappa shape index (κ3) is 2.40. The zero-order valence-corrected chi connectivity index (χ0v) is 13.3. The normalized spacial score (nSPS) is 36.7. The molecule has 3 nitrogen and oxygen atoms in total. The number of thioether (sulfide) groups is 1. The quantitative estimate of drug-likeness (QED) is 0.736. The van der Waals surface area contributed by atoms with Gasteiger partial charge >= 0.3 is 0 Å². The summed E-state index contributed by atoms with van der Waals surface area (Å²) < 4.78 is 24.0.